The van der Waals surface area contributed by atoms with Crippen LogP contribution >= 0.6 is 0 Å². The highest BCUT2D eigenvalue weighted by Crippen LogP contribution is 2.37. The number of hydrogen-bond donors (Lipinski definition) is 1. The second-order valence-corrected chi connectivity index (χ2v) is 10.0. The van der Waals surface area contributed by atoms with Crippen molar-refractivity contribution in [2.75, 3.05) is 13.1 Å². The zero-order chi connectivity index (χ0) is 17.4. The van der Waals surface area contributed by atoms with E-state index < -0.39 is 15.6 Å². The number of piperidine rings is 1. The molecule has 1 saturated heterocycles. The molecule has 24 heavy (non-hydrogen) atoms. The van der Waals surface area contributed by atoms with Gasteiger partial charge in [-0.1, -0.05) is 18.1 Å². The van der Waals surface area contributed by atoms with E-state index in [-0.39, 0.29) is 11.2 Å². The normalized spacial score (nSPS) is 25.4. The van der Waals surface area contributed by atoms with Crippen molar-refractivity contribution in [1.82, 2.24) is 19.3 Å². The van der Waals surface area contributed by atoms with Crippen LogP contribution in [0.2, 0.25) is 0 Å². The summed E-state index contributed by atoms with van der Waals surface area (Å²) in [6.07, 6.45) is 7.24. The molecule has 1 aliphatic carbocycles. The Labute approximate surface area is 144 Å². The standard InChI is InChI=1S/C16H28N4O3S/c1-13(2)24(22,23)20-9-5-6-14(11-20)10-19-12-15(17-18-19)16(21)7-3-4-8-16/h12-14,21H,3-11H2,1-2H3/t14-/m0/s1. The zero-order valence-corrected chi connectivity index (χ0v) is 15.4. The molecule has 1 saturated carbocycles. The van der Waals surface area contributed by atoms with E-state index in [1.54, 1.807) is 22.8 Å². The topological polar surface area (TPSA) is 88.3 Å². The van der Waals surface area contributed by atoms with Gasteiger partial charge in [0.25, 0.3) is 0 Å². The third kappa shape index (κ3) is 3.50. The largest absolute Gasteiger partial charge is 0.383 e. The van der Waals surface area contributed by atoms with Crippen LogP contribution < -0.4 is 0 Å². The third-order valence-electron chi connectivity index (χ3n) is 5.33. The predicted molar refractivity (Wildman–Crippen MR) is 90.7 cm³/mol. The molecule has 0 amide bonds. The molecule has 136 valence electrons. The summed E-state index contributed by atoms with van der Waals surface area (Å²) in [5.41, 5.74) is -0.167. The lowest BCUT2D eigenvalue weighted by Crippen LogP contribution is -2.44. The Morgan fingerprint density at radius 3 is 2.71 bits per heavy atom. The van der Waals surface area contributed by atoms with Gasteiger partial charge in [0.1, 0.15) is 11.3 Å². The third-order valence-corrected chi connectivity index (χ3v) is 7.57. The number of sulfonamides is 1. The molecule has 1 N–H and O–H groups in total. The lowest BCUT2D eigenvalue weighted by molar-refractivity contribution is 0.0398. The Hall–Kier alpha value is -0.990. The summed E-state index contributed by atoms with van der Waals surface area (Å²) in [6.45, 7) is 5.25. The van der Waals surface area contributed by atoms with Crippen LogP contribution in [0.3, 0.4) is 0 Å². The van der Waals surface area contributed by atoms with Crippen LogP contribution in [-0.4, -0.2) is 51.2 Å². The number of aromatic nitrogens is 3. The van der Waals surface area contributed by atoms with Crippen molar-refractivity contribution in [3.05, 3.63) is 11.9 Å². The summed E-state index contributed by atoms with van der Waals surface area (Å²) in [4.78, 5) is 0. The van der Waals surface area contributed by atoms with Crippen LogP contribution in [0.4, 0.5) is 0 Å². The summed E-state index contributed by atoms with van der Waals surface area (Å²) >= 11 is 0. The molecule has 0 bridgehead atoms. The predicted octanol–water partition coefficient (Wildman–Crippen LogP) is 1.49. The first-order chi connectivity index (χ1) is 11.3. The van der Waals surface area contributed by atoms with E-state index in [2.05, 4.69) is 10.3 Å². The van der Waals surface area contributed by atoms with Gasteiger partial charge < -0.3 is 5.11 Å². The van der Waals surface area contributed by atoms with Crippen molar-refractivity contribution in [2.45, 2.75) is 69.8 Å². The maximum Gasteiger partial charge on any atom is 0.216 e. The van der Waals surface area contributed by atoms with Crippen molar-refractivity contribution < 1.29 is 13.5 Å². The number of aliphatic hydroxyl groups is 1. The van der Waals surface area contributed by atoms with Gasteiger partial charge in [0, 0.05) is 19.6 Å². The van der Waals surface area contributed by atoms with E-state index in [0.717, 1.165) is 38.5 Å². The Kier molecular flexibility index (Phi) is 4.99. The Bertz CT molecular complexity index is 665. The van der Waals surface area contributed by atoms with Crippen LogP contribution in [-0.2, 0) is 22.2 Å². The van der Waals surface area contributed by atoms with Crippen molar-refractivity contribution >= 4 is 10.0 Å². The van der Waals surface area contributed by atoms with Crippen molar-refractivity contribution in [1.29, 1.82) is 0 Å². The molecule has 3 rings (SSSR count). The fraction of sp³-hybridized carbons (Fsp3) is 0.875. The molecule has 8 heteroatoms. The highest BCUT2D eigenvalue weighted by atomic mass is 32.2. The SMILES string of the molecule is CC(C)S(=O)(=O)N1CCC[C@@H](Cn2cc(C3(O)CCCC3)nn2)C1. The zero-order valence-electron chi connectivity index (χ0n) is 14.6. The van der Waals surface area contributed by atoms with Crippen LogP contribution in [0.1, 0.15) is 58.1 Å². The maximum absolute atomic E-state index is 12.4. The van der Waals surface area contributed by atoms with Crippen molar-refractivity contribution in [2.24, 2.45) is 5.92 Å². The Morgan fingerprint density at radius 1 is 1.33 bits per heavy atom. The van der Waals surface area contributed by atoms with Gasteiger partial charge in [-0.25, -0.2) is 12.7 Å². The molecule has 0 unspecified atom stereocenters. The second kappa shape index (κ2) is 6.72. The molecule has 0 radical (unpaired) electrons. The second-order valence-electron chi connectivity index (χ2n) is 7.52. The molecular weight excluding hydrogens is 328 g/mol. The number of nitrogens with zero attached hydrogens (tertiary/aromatic N) is 4. The van der Waals surface area contributed by atoms with E-state index in [0.29, 0.717) is 25.3 Å². The fourth-order valence-electron chi connectivity index (χ4n) is 3.79. The monoisotopic (exact) mass is 356 g/mol. The molecule has 0 spiro atoms. The van der Waals surface area contributed by atoms with Gasteiger partial charge in [-0.15, -0.1) is 5.10 Å². The number of hydrogen-bond acceptors (Lipinski definition) is 5. The van der Waals surface area contributed by atoms with Crippen LogP contribution in [0.5, 0.6) is 0 Å². The van der Waals surface area contributed by atoms with E-state index in [4.69, 9.17) is 0 Å². The molecule has 2 aliphatic rings. The van der Waals surface area contributed by atoms with Crippen molar-refractivity contribution in [3.63, 3.8) is 0 Å². The van der Waals surface area contributed by atoms with E-state index in [1.165, 1.54) is 0 Å². The first kappa shape index (κ1) is 17.8. The molecule has 2 heterocycles. The first-order valence-corrected chi connectivity index (χ1v) is 10.4. The number of rotatable bonds is 5. The lowest BCUT2D eigenvalue weighted by Gasteiger charge is -2.32. The molecule has 7 nitrogen and oxygen atoms in total. The van der Waals surface area contributed by atoms with E-state index in [1.807, 2.05) is 6.20 Å². The minimum Gasteiger partial charge on any atom is -0.383 e. The van der Waals surface area contributed by atoms with Gasteiger partial charge in [0.05, 0.1) is 11.4 Å². The summed E-state index contributed by atoms with van der Waals surface area (Å²) in [6, 6.07) is 0. The van der Waals surface area contributed by atoms with Gasteiger partial charge in [-0.05, 0) is 45.4 Å². The summed E-state index contributed by atoms with van der Waals surface area (Å²) in [5, 5.41) is 18.5. The molecule has 1 aliphatic heterocycles. The van der Waals surface area contributed by atoms with Gasteiger partial charge in [-0.3, -0.25) is 4.68 Å². The minimum atomic E-state index is -3.19. The molecule has 0 aromatic carbocycles. The molecule has 2 fully saturated rings. The highest BCUT2D eigenvalue weighted by Gasteiger charge is 2.36. The minimum absolute atomic E-state index is 0.236. The van der Waals surface area contributed by atoms with Crippen molar-refractivity contribution in [3.8, 4) is 0 Å². The summed E-state index contributed by atoms with van der Waals surface area (Å²) in [7, 11) is -3.19. The smallest absolute Gasteiger partial charge is 0.216 e. The molecular formula is C16H28N4O3S. The first-order valence-electron chi connectivity index (χ1n) is 8.93. The van der Waals surface area contributed by atoms with Gasteiger partial charge in [0.15, 0.2) is 0 Å². The lowest BCUT2D eigenvalue weighted by atomic mass is 9.98. The molecule has 1 atom stereocenters. The Balaban J connectivity index is 1.65. The quantitative estimate of drug-likeness (QED) is 0.863. The maximum atomic E-state index is 12.4. The van der Waals surface area contributed by atoms with Crippen LogP contribution in [0.15, 0.2) is 6.20 Å². The Morgan fingerprint density at radius 2 is 2.04 bits per heavy atom. The fourth-order valence-corrected chi connectivity index (χ4v) is 5.19. The van der Waals surface area contributed by atoms with E-state index >= 15 is 0 Å². The average molecular weight is 356 g/mol. The van der Waals surface area contributed by atoms with Gasteiger partial charge in [0.2, 0.25) is 10.0 Å². The van der Waals surface area contributed by atoms with Crippen LogP contribution in [0, 0.1) is 5.92 Å². The van der Waals surface area contributed by atoms with Gasteiger partial charge in [-0.2, -0.15) is 0 Å². The highest BCUT2D eigenvalue weighted by molar-refractivity contribution is 7.89. The van der Waals surface area contributed by atoms with Gasteiger partial charge >= 0.3 is 0 Å². The summed E-state index contributed by atoms with van der Waals surface area (Å²) < 4.78 is 28.1. The molecule has 1 aromatic heterocycles. The van der Waals surface area contributed by atoms with Crippen LogP contribution in [0.25, 0.3) is 0 Å². The van der Waals surface area contributed by atoms with E-state index in [9.17, 15) is 13.5 Å². The summed E-state index contributed by atoms with van der Waals surface area (Å²) in [5.74, 6) is 0.236. The molecule has 1 aromatic rings. The average Bonchev–Trinajstić information content (AvgIpc) is 3.17.